The fourth-order valence-electron chi connectivity index (χ4n) is 2.82. The molecule has 0 spiro atoms. The third-order valence-corrected chi connectivity index (χ3v) is 4.24. The minimum Gasteiger partial charge on any atom is -0.457 e. The Morgan fingerprint density at radius 2 is 1.96 bits per heavy atom. The van der Waals surface area contributed by atoms with E-state index < -0.39 is 29.6 Å². The van der Waals surface area contributed by atoms with Crippen LogP contribution in [-0.2, 0) is 16.6 Å². The summed E-state index contributed by atoms with van der Waals surface area (Å²) < 4.78 is 5.87. The molecule has 1 heterocycles. The summed E-state index contributed by atoms with van der Waals surface area (Å²) in [6.07, 6.45) is 5.69. The van der Waals surface area contributed by atoms with Crippen molar-refractivity contribution >= 4 is 17.6 Å². The molecule has 0 radical (unpaired) electrons. The molecule has 0 bridgehead atoms. The smallest absolute Gasteiger partial charge is 0.329 e. The van der Waals surface area contributed by atoms with Gasteiger partial charge >= 0.3 is 11.7 Å². The predicted molar refractivity (Wildman–Crippen MR) is 83.2 cm³/mol. The Kier molecular flexibility index (Phi) is 5.36. The lowest BCUT2D eigenvalue weighted by molar-refractivity contribution is -0.142. The zero-order valence-corrected chi connectivity index (χ0v) is 13.1. The molecule has 0 saturated heterocycles. The van der Waals surface area contributed by atoms with Crippen LogP contribution in [0.1, 0.15) is 48.9 Å². The number of Topliss-reactive ketones (excluding diaryl/α,β-unsaturated/α-hetero) is 1. The second-order valence-corrected chi connectivity index (χ2v) is 5.85. The van der Waals surface area contributed by atoms with Crippen molar-refractivity contribution in [3.05, 3.63) is 26.4 Å². The van der Waals surface area contributed by atoms with Crippen molar-refractivity contribution in [3.63, 3.8) is 0 Å². The van der Waals surface area contributed by atoms with E-state index in [-0.39, 0.29) is 17.8 Å². The number of carbonyl (C=O) groups excluding carboxylic acids is 2. The number of aromatic nitrogens is 2. The van der Waals surface area contributed by atoms with Crippen LogP contribution in [0.4, 0.5) is 5.82 Å². The van der Waals surface area contributed by atoms with Gasteiger partial charge < -0.3 is 10.5 Å². The van der Waals surface area contributed by atoms with Crippen LogP contribution in [0.3, 0.4) is 0 Å². The van der Waals surface area contributed by atoms with Gasteiger partial charge in [-0.25, -0.2) is 4.79 Å². The van der Waals surface area contributed by atoms with E-state index in [1.54, 1.807) is 0 Å². The summed E-state index contributed by atoms with van der Waals surface area (Å²) in [6, 6.07) is 0. The molecular weight excluding hydrogens is 302 g/mol. The molecule has 0 aromatic carbocycles. The number of H-pyrrole nitrogens is 1. The molecule has 1 aromatic rings. The number of nitrogens with zero attached hydrogens (tertiary/aromatic N) is 1. The van der Waals surface area contributed by atoms with Gasteiger partial charge in [-0.15, -0.1) is 0 Å². The Morgan fingerprint density at radius 3 is 2.61 bits per heavy atom. The van der Waals surface area contributed by atoms with Crippen molar-refractivity contribution in [1.29, 1.82) is 0 Å². The molecule has 1 saturated carbocycles. The molecule has 1 aliphatic rings. The number of ketones is 1. The standard InChI is InChI=1S/C15H21N3O5/c1-18-13(16)12(14(21)17-15(18)22)10(19)8-23-11(20)7-6-9-4-2-3-5-9/h9H,2-8,16H2,1H3,(H,17,21,22). The summed E-state index contributed by atoms with van der Waals surface area (Å²) in [5.41, 5.74) is 3.66. The van der Waals surface area contributed by atoms with Crippen molar-refractivity contribution in [1.82, 2.24) is 9.55 Å². The number of anilines is 1. The van der Waals surface area contributed by atoms with Crippen LogP contribution in [0.15, 0.2) is 9.59 Å². The summed E-state index contributed by atoms with van der Waals surface area (Å²) in [6.45, 7) is -0.561. The number of hydrogen-bond donors (Lipinski definition) is 2. The Labute approximate surface area is 132 Å². The van der Waals surface area contributed by atoms with Gasteiger partial charge in [-0.05, 0) is 12.3 Å². The third kappa shape index (κ3) is 4.08. The van der Waals surface area contributed by atoms with E-state index in [0.29, 0.717) is 5.92 Å². The fraction of sp³-hybridized carbons (Fsp3) is 0.600. The topological polar surface area (TPSA) is 124 Å². The lowest BCUT2D eigenvalue weighted by Gasteiger charge is -2.09. The van der Waals surface area contributed by atoms with Gasteiger partial charge in [-0.1, -0.05) is 25.7 Å². The molecule has 3 N–H and O–H groups in total. The SMILES string of the molecule is Cn1c(N)c(C(=O)COC(=O)CCC2CCCC2)c(=O)[nH]c1=O. The van der Waals surface area contributed by atoms with E-state index >= 15 is 0 Å². The fourth-order valence-corrected chi connectivity index (χ4v) is 2.82. The number of aromatic amines is 1. The summed E-state index contributed by atoms with van der Waals surface area (Å²) in [5.74, 6) is -0.884. The maximum atomic E-state index is 12.0. The lowest BCUT2D eigenvalue weighted by Crippen LogP contribution is -2.35. The Bertz CT molecular complexity index is 713. The third-order valence-electron chi connectivity index (χ3n) is 4.24. The number of rotatable bonds is 6. The molecular formula is C15H21N3O5. The van der Waals surface area contributed by atoms with E-state index in [0.717, 1.165) is 23.8 Å². The first-order chi connectivity index (χ1) is 10.9. The van der Waals surface area contributed by atoms with E-state index in [1.165, 1.54) is 19.9 Å². The van der Waals surface area contributed by atoms with Gasteiger partial charge in [0.2, 0.25) is 5.78 Å². The zero-order chi connectivity index (χ0) is 17.0. The Balaban J connectivity index is 1.92. The van der Waals surface area contributed by atoms with Crippen molar-refractivity contribution in [2.75, 3.05) is 12.3 Å². The minimum atomic E-state index is -0.877. The van der Waals surface area contributed by atoms with Gasteiger partial charge in [-0.3, -0.25) is 23.9 Å². The van der Waals surface area contributed by atoms with Crippen LogP contribution in [0.25, 0.3) is 0 Å². The van der Waals surface area contributed by atoms with Crippen molar-refractivity contribution in [2.24, 2.45) is 13.0 Å². The van der Waals surface area contributed by atoms with Gasteiger partial charge in [0.25, 0.3) is 5.56 Å². The maximum absolute atomic E-state index is 12.0. The van der Waals surface area contributed by atoms with Gasteiger partial charge in [0, 0.05) is 13.5 Å². The van der Waals surface area contributed by atoms with E-state index in [9.17, 15) is 19.2 Å². The zero-order valence-electron chi connectivity index (χ0n) is 13.1. The maximum Gasteiger partial charge on any atom is 0.329 e. The number of carbonyl (C=O) groups is 2. The summed E-state index contributed by atoms with van der Waals surface area (Å²) in [5, 5.41) is 0. The molecule has 0 unspecified atom stereocenters. The number of nitrogens with one attached hydrogen (secondary N) is 1. The molecule has 23 heavy (non-hydrogen) atoms. The van der Waals surface area contributed by atoms with Crippen LogP contribution < -0.4 is 17.0 Å². The highest BCUT2D eigenvalue weighted by atomic mass is 16.5. The molecule has 1 fully saturated rings. The lowest BCUT2D eigenvalue weighted by atomic mass is 10.0. The molecule has 0 aliphatic heterocycles. The van der Waals surface area contributed by atoms with Gasteiger partial charge in [0.1, 0.15) is 11.4 Å². The Hall–Kier alpha value is -2.38. The second-order valence-electron chi connectivity index (χ2n) is 5.85. The van der Waals surface area contributed by atoms with E-state index in [1.807, 2.05) is 4.98 Å². The first kappa shape index (κ1) is 17.0. The van der Waals surface area contributed by atoms with Gasteiger partial charge in [0.15, 0.2) is 6.61 Å². The van der Waals surface area contributed by atoms with Crippen LogP contribution in [0, 0.1) is 5.92 Å². The molecule has 8 nitrogen and oxygen atoms in total. The van der Waals surface area contributed by atoms with E-state index in [4.69, 9.17) is 10.5 Å². The minimum absolute atomic E-state index is 0.245. The molecule has 126 valence electrons. The normalized spacial score (nSPS) is 14.8. The number of nitrogens with two attached hydrogens (primary N) is 1. The first-order valence-corrected chi connectivity index (χ1v) is 7.67. The van der Waals surface area contributed by atoms with Crippen LogP contribution >= 0.6 is 0 Å². The van der Waals surface area contributed by atoms with Crippen LogP contribution in [-0.4, -0.2) is 27.9 Å². The number of ether oxygens (including phenoxy) is 1. The molecule has 2 rings (SSSR count). The monoisotopic (exact) mass is 323 g/mol. The van der Waals surface area contributed by atoms with Gasteiger partial charge in [-0.2, -0.15) is 0 Å². The van der Waals surface area contributed by atoms with Crippen LogP contribution in [0.2, 0.25) is 0 Å². The second kappa shape index (κ2) is 7.26. The molecule has 8 heteroatoms. The summed E-state index contributed by atoms with van der Waals surface area (Å²) >= 11 is 0. The van der Waals surface area contributed by atoms with E-state index in [2.05, 4.69) is 0 Å². The molecule has 0 amide bonds. The number of esters is 1. The Morgan fingerprint density at radius 1 is 1.30 bits per heavy atom. The highest BCUT2D eigenvalue weighted by molar-refractivity contribution is 6.01. The largest absolute Gasteiger partial charge is 0.457 e. The number of nitrogen functional groups attached to an aromatic ring is 1. The average Bonchev–Trinajstić information content (AvgIpc) is 3.02. The van der Waals surface area contributed by atoms with Gasteiger partial charge in [0.05, 0.1) is 0 Å². The highest BCUT2D eigenvalue weighted by Crippen LogP contribution is 2.28. The van der Waals surface area contributed by atoms with Crippen molar-refractivity contribution in [3.8, 4) is 0 Å². The summed E-state index contributed by atoms with van der Waals surface area (Å²) in [7, 11) is 1.33. The first-order valence-electron chi connectivity index (χ1n) is 7.67. The molecule has 1 aromatic heterocycles. The van der Waals surface area contributed by atoms with Crippen molar-refractivity contribution in [2.45, 2.75) is 38.5 Å². The van der Waals surface area contributed by atoms with Crippen molar-refractivity contribution < 1.29 is 14.3 Å². The quantitative estimate of drug-likeness (QED) is 0.575. The van der Waals surface area contributed by atoms with Crippen LogP contribution in [0.5, 0.6) is 0 Å². The predicted octanol–water partition coefficient (Wildman–Crippen LogP) is 0.352. The average molecular weight is 323 g/mol. The molecule has 0 atom stereocenters. The molecule has 1 aliphatic carbocycles. The summed E-state index contributed by atoms with van der Waals surface area (Å²) in [4.78, 5) is 48.7. The highest BCUT2D eigenvalue weighted by Gasteiger charge is 2.20. The number of hydrogen-bond acceptors (Lipinski definition) is 6.